The molecule has 2 N–H and O–H groups in total. The van der Waals surface area contributed by atoms with Crippen LogP contribution in [0.2, 0.25) is 0 Å². The van der Waals surface area contributed by atoms with Crippen LogP contribution >= 0.6 is 11.8 Å². The fraction of sp³-hybridized carbons (Fsp3) is 0.136. The van der Waals surface area contributed by atoms with E-state index in [0.29, 0.717) is 39.2 Å². The molecule has 0 bridgehead atoms. The Bertz CT molecular complexity index is 1340. The highest BCUT2D eigenvalue weighted by Crippen LogP contribution is 2.34. The Balaban J connectivity index is 1.20. The van der Waals surface area contributed by atoms with E-state index >= 15 is 0 Å². The first-order chi connectivity index (χ1) is 16.2. The van der Waals surface area contributed by atoms with E-state index in [9.17, 15) is 9.59 Å². The predicted octanol–water partition coefficient (Wildman–Crippen LogP) is 2.51. The zero-order chi connectivity index (χ0) is 22.6. The van der Waals surface area contributed by atoms with Crippen molar-refractivity contribution < 1.29 is 19.1 Å². The van der Waals surface area contributed by atoms with Gasteiger partial charge in [-0.3, -0.25) is 14.0 Å². The minimum Gasteiger partial charge on any atom is -0.454 e. The molecule has 10 nitrogen and oxygen atoms in total. The van der Waals surface area contributed by atoms with Crippen LogP contribution in [-0.4, -0.2) is 43.9 Å². The average molecular weight is 462 g/mol. The maximum absolute atomic E-state index is 12.8. The molecule has 1 aliphatic heterocycles. The molecule has 0 fully saturated rings. The maximum Gasteiger partial charge on any atom is 0.254 e. The van der Waals surface area contributed by atoms with Gasteiger partial charge in [0.05, 0.1) is 17.9 Å². The molecule has 5 rings (SSSR count). The standard InChI is InChI=1S/C22H18N6O4S/c29-20(25-14-6-7-16-17(10-14)32-13-31-16)12-33-22-15(4-3-8-23-22)21(30)24-11-19-27-26-18-5-1-2-9-28(18)19/h1-10H,11-13H2,(H,24,30)(H,25,29). The van der Waals surface area contributed by atoms with E-state index in [2.05, 4.69) is 25.8 Å². The molecule has 0 radical (unpaired) electrons. The number of aromatic nitrogens is 4. The number of hydrogen-bond donors (Lipinski definition) is 2. The van der Waals surface area contributed by atoms with Crippen molar-refractivity contribution in [3.8, 4) is 11.5 Å². The second-order valence-electron chi connectivity index (χ2n) is 6.99. The van der Waals surface area contributed by atoms with Gasteiger partial charge >= 0.3 is 0 Å². The van der Waals surface area contributed by atoms with E-state index in [4.69, 9.17) is 9.47 Å². The third-order valence-electron chi connectivity index (χ3n) is 4.80. The predicted molar refractivity (Wildman–Crippen MR) is 120 cm³/mol. The van der Waals surface area contributed by atoms with Crippen LogP contribution in [0, 0.1) is 0 Å². The molecule has 0 saturated heterocycles. The molecule has 4 heterocycles. The molecule has 33 heavy (non-hydrogen) atoms. The highest BCUT2D eigenvalue weighted by molar-refractivity contribution is 8.00. The minimum absolute atomic E-state index is 0.0839. The number of ether oxygens (including phenoxy) is 2. The Labute approximate surface area is 192 Å². The first kappa shape index (κ1) is 20.8. The van der Waals surface area contributed by atoms with E-state index in [1.807, 2.05) is 24.4 Å². The Kier molecular flexibility index (Phi) is 5.77. The smallest absolute Gasteiger partial charge is 0.254 e. The van der Waals surface area contributed by atoms with E-state index in [1.54, 1.807) is 40.9 Å². The lowest BCUT2D eigenvalue weighted by molar-refractivity contribution is -0.113. The summed E-state index contributed by atoms with van der Waals surface area (Å²) in [4.78, 5) is 29.5. The van der Waals surface area contributed by atoms with Gasteiger partial charge < -0.3 is 20.1 Å². The lowest BCUT2D eigenvalue weighted by atomic mass is 10.2. The first-order valence-corrected chi connectivity index (χ1v) is 11.0. The van der Waals surface area contributed by atoms with Crippen LogP contribution in [0.25, 0.3) is 5.65 Å². The molecule has 1 aromatic carbocycles. The summed E-state index contributed by atoms with van der Waals surface area (Å²) in [5.74, 6) is 1.39. The molecule has 0 unspecified atom stereocenters. The number of pyridine rings is 2. The second-order valence-corrected chi connectivity index (χ2v) is 7.95. The van der Waals surface area contributed by atoms with Crippen molar-refractivity contribution >= 4 is 34.9 Å². The summed E-state index contributed by atoms with van der Waals surface area (Å²) >= 11 is 1.18. The van der Waals surface area contributed by atoms with Gasteiger partial charge in [0.2, 0.25) is 12.7 Å². The monoisotopic (exact) mass is 462 g/mol. The van der Waals surface area contributed by atoms with Crippen LogP contribution in [0.15, 0.2) is 66.0 Å². The summed E-state index contributed by atoms with van der Waals surface area (Å²) in [6.07, 6.45) is 3.42. The van der Waals surface area contributed by atoms with E-state index in [1.165, 1.54) is 11.8 Å². The number of nitrogens with zero attached hydrogens (tertiary/aromatic N) is 4. The molecular weight excluding hydrogens is 444 g/mol. The number of rotatable bonds is 7. The number of benzene rings is 1. The Morgan fingerprint density at radius 3 is 2.91 bits per heavy atom. The van der Waals surface area contributed by atoms with Crippen molar-refractivity contribution in [1.82, 2.24) is 24.9 Å². The number of carbonyl (C=O) groups excluding carboxylic acids is 2. The minimum atomic E-state index is -0.311. The highest BCUT2D eigenvalue weighted by Gasteiger charge is 2.17. The van der Waals surface area contributed by atoms with E-state index in [0.717, 1.165) is 0 Å². The molecule has 0 atom stereocenters. The number of hydrogen-bond acceptors (Lipinski definition) is 8. The van der Waals surface area contributed by atoms with Gasteiger partial charge in [0.1, 0.15) is 5.03 Å². The number of thioether (sulfide) groups is 1. The van der Waals surface area contributed by atoms with Gasteiger partial charge in [-0.05, 0) is 36.4 Å². The van der Waals surface area contributed by atoms with Crippen LogP contribution in [-0.2, 0) is 11.3 Å². The summed E-state index contributed by atoms with van der Waals surface area (Å²) in [6.45, 7) is 0.369. The lowest BCUT2D eigenvalue weighted by Gasteiger charge is -2.09. The number of fused-ring (bicyclic) bond motifs is 2. The Hall–Kier alpha value is -4.12. The zero-order valence-corrected chi connectivity index (χ0v) is 18.0. The van der Waals surface area contributed by atoms with Crippen molar-refractivity contribution in [2.45, 2.75) is 11.6 Å². The van der Waals surface area contributed by atoms with Crippen LogP contribution in [0.1, 0.15) is 16.2 Å². The van der Waals surface area contributed by atoms with Crippen molar-refractivity contribution in [1.29, 1.82) is 0 Å². The number of amides is 2. The normalized spacial score (nSPS) is 12.0. The van der Waals surface area contributed by atoms with Gasteiger partial charge in [-0.15, -0.1) is 10.2 Å². The summed E-state index contributed by atoms with van der Waals surface area (Å²) in [6, 6.07) is 14.1. The SMILES string of the molecule is O=C(CSc1ncccc1C(=O)NCc1nnc2ccccn12)Nc1ccc2c(c1)OCO2. The molecule has 11 heteroatoms. The lowest BCUT2D eigenvalue weighted by Crippen LogP contribution is -2.25. The molecule has 3 aromatic heterocycles. The van der Waals surface area contributed by atoms with Crippen LogP contribution in [0.3, 0.4) is 0 Å². The topological polar surface area (TPSA) is 120 Å². The molecule has 2 amide bonds. The highest BCUT2D eigenvalue weighted by atomic mass is 32.2. The molecule has 0 saturated carbocycles. The Morgan fingerprint density at radius 2 is 1.97 bits per heavy atom. The van der Waals surface area contributed by atoms with Crippen LogP contribution in [0.5, 0.6) is 11.5 Å². The van der Waals surface area contributed by atoms with Gasteiger partial charge in [0.25, 0.3) is 5.91 Å². The second kappa shape index (κ2) is 9.17. The van der Waals surface area contributed by atoms with Crippen molar-refractivity contribution in [2.75, 3.05) is 17.9 Å². The number of anilines is 1. The molecule has 4 aromatic rings. The quantitative estimate of drug-likeness (QED) is 0.402. The van der Waals surface area contributed by atoms with Gasteiger partial charge in [0, 0.05) is 24.1 Å². The van der Waals surface area contributed by atoms with Gasteiger partial charge in [-0.2, -0.15) is 0 Å². The Morgan fingerprint density at radius 1 is 1.06 bits per heavy atom. The van der Waals surface area contributed by atoms with E-state index in [-0.39, 0.29) is 30.9 Å². The van der Waals surface area contributed by atoms with Gasteiger partial charge in [-0.1, -0.05) is 17.8 Å². The van der Waals surface area contributed by atoms with Crippen molar-refractivity contribution in [2.24, 2.45) is 0 Å². The maximum atomic E-state index is 12.8. The summed E-state index contributed by atoms with van der Waals surface area (Å²) in [5, 5.41) is 14.3. The van der Waals surface area contributed by atoms with Crippen molar-refractivity contribution in [3.05, 3.63) is 72.3 Å². The fourth-order valence-corrected chi connectivity index (χ4v) is 4.04. The van der Waals surface area contributed by atoms with Gasteiger partial charge in [0.15, 0.2) is 23.0 Å². The fourth-order valence-electron chi connectivity index (χ4n) is 3.25. The molecule has 0 spiro atoms. The largest absolute Gasteiger partial charge is 0.454 e. The molecule has 166 valence electrons. The average Bonchev–Trinajstić information content (AvgIpc) is 3.48. The zero-order valence-electron chi connectivity index (χ0n) is 17.2. The molecule has 1 aliphatic rings. The number of nitrogens with one attached hydrogen (secondary N) is 2. The van der Waals surface area contributed by atoms with Crippen molar-refractivity contribution in [3.63, 3.8) is 0 Å². The third kappa shape index (κ3) is 4.58. The summed E-state index contributed by atoms with van der Waals surface area (Å²) < 4.78 is 12.4. The number of carbonyl (C=O) groups is 2. The van der Waals surface area contributed by atoms with Crippen LogP contribution in [0.4, 0.5) is 5.69 Å². The third-order valence-corrected chi connectivity index (χ3v) is 5.81. The molecular formula is C22H18N6O4S. The van der Waals surface area contributed by atoms with Gasteiger partial charge in [-0.25, -0.2) is 4.98 Å². The van der Waals surface area contributed by atoms with Crippen LogP contribution < -0.4 is 20.1 Å². The first-order valence-electron chi connectivity index (χ1n) is 10.0. The van der Waals surface area contributed by atoms with E-state index < -0.39 is 0 Å². The molecule has 0 aliphatic carbocycles. The summed E-state index contributed by atoms with van der Waals surface area (Å²) in [7, 11) is 0. The summed E-state index contributed by atoms with van der Waals surface area (Å²) in [5.41, 5.74) is 1.68.